The molecule has 4 N–H and O–H groups in total. The van der Waals surface area contributed by atoms with Crippen LogP contribution in [0.25, 0.3) is 0 Å². The molecular weight excluding hydrogens is 182 g/mol. The average Bonchev–Trinajstić information content (AvgIpc) is 2.10. The van der Waals surface area contributed by atoms with Crippen LogP contribution in [-0.4, -0.2) is 41.4 Å². The van der Waals surface area contributed by atoms with Crippen LogP contribution in [0.4, 0.5) is 0 Å². The molecule has 13 heavy (non-hydrogen) atoms. The molecule has 0 aliphatic heterocycles. The molecule has 0 aliphatic carbocycles. The summed E-state index contributed by atoms with van der Waals surface area (Å²) in [6.45, 7) is -0.805. The summed E-state index contributed by atoms with van der Waals surface area (Å²) < 4.78 is 0. The van der Waals surface area contributed by atoms with Crippen molar-refractivity contribution in [2.45, 2.75) is 12.5 Å². The molecule has 0 saturated heterocycles. The lowest BCUT2D eigenvalue weighted by Crippen LogP contribution is -2.35. The molecule has 0 amide bonds. The number of rotatable bonds is 6. The van der Waals surface area contributed by atoms with E-state index in [1.807, 2.05) is 0 Å². The molecule has 0 rings (SSSR count). The second-order valence-electron chi connectivity index (χ2n) is 2.16. The van der Waals surface area contributed by atoms with Crippen molar-refractivity contribution in [3.05, 3.63) is 0 Å². The van der Waals surface area contributed by atoms with Crippen molar-refractivity contribution in [1.29, 1.82) is 0 Å². The number of carbonyl (C=O) groups is 2. The molecule has 0 aromatic heterocycles. The highest BCUT2D eigenvalue weighted by molar-refractivity contribution is 5.74. The van der Waals surface area contributed by atoms with Gasteiger partial charge in [0.05, 0.1) is 13.0 Å². The molecule has 7 heteroatoms. The van der Waals surface area contributed by atoms with Gasteiger partial charge in [-0.1, -0.05) is 0 Å². The van der Waals surface area contributed by atoms with Crippen LogP contribution in [0.2, 0.25) is 0 Å². The number of nitrogens with two attached hydrogens (primary N) is 1. The van der Waals surface area contributed by atoms with Gasteiger partial charge in [-0.2, -0.15) is 4.89 Å². The van der Waals surface area contributed by atoms with E-state index in [9.17, 15) is 9.59 Å². The summed E-state index contributed by atoms with van der Waals surface area (Å²) in [5.74, 6) is -2.00. The zero-order valence-corrected chi connectivity index (χ0v) is 6.80. The Labute approximate surface area is 74.0 Å². The summed E-state index contributed by atoms with van der Waals surface area (Å²) in [5, 5.41) is 16.5. The molecule has 0 saturated carbocycles. The van der Waals surface area contributed by atoms with Crippen molar-refractivity contribution >= 4 is 11.9 Å². The average molecular weight is 193 g/mol. The third kappa shape index (κ3) is 6.02. The molecule has 0 aromatic rings. The SMILES string of the molecule is NC(CO)C(=O)OOCCC(=O)O. The molecule has 1 unspecified atom stereocenters. The Bertz CT molecular complexity index is 182. The van der Waals surface area contributed by atoms with Crippen LogP contribution in [0.1, 0.15) is 6.42 Å². The fourth-order valence-electron chi connectivity index (χ4n) is 0.365. The van der Waals surface area contributed by atoms with Gasteiger partial charge < -0.3 is 15.9 Å². The molecule has 0 aromatic carbocycles. The van der Waals surface area contributed by atoms with E-state index in [4.69, 9.17) is 15.9 Å². The van der Waals surface area contributed by atoms with Crippen LogP contribution in [0.15, 0.2) is 0 Å². The summed E-state index contributed by atoms with van der Waals surface area (Å²) >= 11 is 0. The largest absolute Gasteiger partial charge is 0.481 e. The molecule has 1 atom stereocenters. The standard InChI is InChI=1S/C6H11NO6/c7-4(3-8)6(11)13-12-2-1-5(9)10/h4,8H,1-3,7H2,(H,9,10). The van der Waals surface area contributed by atoms with Gasteiger partial charge in [0.25, 0.3) is 0 Å². The number of carboxylic acids is 1. The van der Waals surface area contributed by atoms with Crippen LogP contribution >= 0.6 is 0 Å². The lowest BCUT2D eigenvalue weighted by molar-refractivity contribution is -0.274. The number of hydrogen-bond acceptors (Lipinski definition) is 6. The summed E-state index contributed by atoms with van der Waals surface area (Å²) in [6, 6.07) is -1.16. The summed E-state index contributed by atoms with van der Waals surface area (Å²) in [6.07, 6.45) is -0.276. The Balaban J connectivity index is 3.42. The second-order valence-corrected chi connectivity index (χ2v) is 2.16. The number of aliphatic hydroxyl groups is 1. The van der Waals surface area contributed by atoms with Crippen molar-refractivity contribution in [2.75, 3.05) is 13.2 Å². The number of aliphatic carboxylic acids is 1. The lowest BCUT2D eigenvalue weighted by atomic mass is 10.3. The van der Waals surface area contributed by atoms with Crippen molar-refractivity contribution in [1.82, 2.24) is 0 Å². The third-order valence-corrected chi connectivity index (χ3v) is 1.04. The fourth-order valence-corrected chi connectivity index (χ4v) is 0.365. The Morgan fingerprint density at radius 2 is 2.08 bits per heavy atom. The maximum absolute atomic E-state index is 10.6. The highest BCUT2D eigenvalue weighted by atomic mass is 17.2. The first kappa shape index (κ1) is 11.8. The van der Waals surface area contributed by atoms with Crippen LogP contribution < -0.4 is 5.73 Å². The van der Waals surface area contributed by atoms with Gasteiger partial charge in [0.1, 0.15) is 12.6 Å². The Morgan fingerprint density at radius 1 is 1.46 bits per heavy atom. The highest BCUT2D eigenvalue weighted by Crippen LogP contribution is 1.88. The number of aliphatic hydroxyl groups excluding tert-OH is 1. The quantitative estimate of drug-likeness (QED) is 0.260. The summed E-state index contributed by atoms with van der Waals surface area (Å²) in [4.78, 5) is 28.9. The van der Waals surface area contributed by atoms with Gasteiger partial charge in [0.2, 0.25) is 0 Å². The topological polar surface area (TPSA) is 119 Å². The van der Waals surface area contributed by atoms with Crippen LogP contribution in [-0.2, 0) is 19.4 Å². The van der Waals surface area contributed by atoms with E-state index in [0.29, 0.717) is 0 Å². The molecule has 0 heterocycles. The number of carbonyl (C=O) groups excluding carboxylic acids is 1. The Hall–Kier alpha value is -1.18. The monoisotopic (exact) mass is 193 g/mol. The van der Waals surface area contributed by atoms with Gasteiger partial charge in [-0.05, 0) is 0 Å². The van der Waals surface area contributed by atoms with E-state index in [-0.39, 0.29) is 13.0 Å². The first-order chi connectivity index (χ1) is 6.07. The highest BCUT2D eigenvalue weighted by Gasteiger charge is 2.14. The van der Waals surface area contributed by atoms with E-state index >= 15 is 0 Å². The minimum atomic E-state index is -1.16. The number of carboxylic acid groups (broad SMARTS) is 1. The van der Waals surface area contributed by atoms with Gasteiger partial charge in [-0.15, -0.1) is 0 Å². The van der Waals surface area contributed by atoms with Crippen LogP contribution in [0.5, 0.6) is 0 Å². The van der Waals surface area contributed by atoms with Crippen LogP contribution in [0, 0.1) is 0 Å². The molecule has 0 bridgehead atoms. The molecule has 7 nitrogen and oxygen atoms in total. The van der Waals surface area contributed by atoms with Crippen LogP contribution in [0.3, 0.4) is 0 Å². The Kier molecular flexibility index (Phi) is 5.77. The van der Waals surface area contributed by atoms with E-state index < -0.39 is 24.6 Å². The van der Waals surface area contributed by atoms with Gasteiger partial charge in [0, 0.05) is 0 Å². The summed E-state index contributed by atoms with van der Waals surface area (Å²) in [7, 11) is 0. The second kappa shape index (κ2) is 6.35. The maximum Gasteiger partial charge on any atom is 0.361 e. The first-order valence-corrected chi connectivity index (χ1v) is 3.49. The molecule has 0 aliphatic rings. The minimum absolute atomic E-state index is 0.251. The van der Waals surface area contributed by atoms with Crippen molar-refractivity contribution < 1.29 is 29.6 Å². The van der Waals surface area contributed by atoms with E-state index in [0.717, 1.165) is 0 Å². The van der Waals surface area contributed by atoms with Crippen molar-refractivity contribution in [3.63, 3.8) is 0 Å². The van der Waals surface area contributed by atoms with Gasteiger partial charge in [0.15, 0.2) is 0 Å². The Morgan fingerprint density at radius 3 is 2.54 bits per heavy atom. The predicted molar refractivity (Wildman–Crippen MR) is 39.4 cm³/mol. The van der Waals surface area contributed by atoms with E-state index in [2.05, 4.69) is 9.78 Å². The molecular formula is C6H11NO6. The minimum Gasteiger partial charge on any atom is -0.481 e. The first-order valence-electron chi connectivity index (χ1n) is 3.49. The smallest absolute Gasteiger partial charge is 0.361 e. The van der Waals surface area contributed by atoms with Crippen molar-refractivity contribution in [3.8, 4) is 0 Å². The molecule has 76 valence electrons. The van der Waals surface area contributed by atoms with E-state index in [1.54, 1.807) is 0 Å². The normalized spacial score (nSPS) is 12.2. The van der Waals surface area contributed by atoms with Crippen molar-refractivity contribution in [2.24, 2.45) is 5.73 Å². The van der Waals surface area contributed by atoms with Gasteiger partial charge >= 0.3 is 11.9 Å². The molecule has 0 spiro atoms. The predicted octanol–water partition coefficient (Wildman–Crippen LogP) is -1.74. The number of hydrogen-bond donors (Lipinski definition) is 3. The van der Waals surface area contributed by atoms with Gasteiger partial charge in [-0.25, -0.2) is 4.79 Å². The van der Waals surface area contributed by atoms with Gasteiger partial charge in [-0.3, -0.25) is 9.68 Å². The molecule has 0 fully saturated rings. The zero-order chi connectivity index (χ0) is 10.3. The molecule has 0 radical (unpaired) electrons. The fraction of sp³-hybridized carbons (Fsp3) is 0.667. The third-order valence-electron chi connectivity index (χ3n) is 1.04. The summed E-state index contributed by atoms with van der Waals surface area (Å²) in [5.41, 5.74) is 5.04. The van der Waals surface area contributed by atoms with E-state index in [1.165, 1.54) is 0 Å². The maximum atomic E-state index is 10.6. The zero-order valence-electron chi connectivity index (χ0n) is 6.80. The lowest BCUT2D eigenvalue weighted by Gasteiger charge is -2.05.